The molecule has 5 nitrogen and oxygen atoms in total. The summed E-state index contributed by atoms with van der Waals surface area (Å²) in [6.07, 6.45) is 1.01. The van der Waals surface area contributed by atoms with Crippen molar-refractivity contribution < 1.29 is 14.3 Å². The number of nitrogens with zero attached hydrogens (tertiary/aromatic N) is 1. The SMILES string of the molecule is COc1ccc(C(=O)N2c3ccccc3C(CC(N)=O)CC2C)cc1. The van der Waals surface area contributed by atoms with Crippen LogP contribution in [0.3, 0.4) is 0 Å². The Morgan fingerprint density at radius 2 is 1.84 bits per heavy atom. The summed E-state index contributed by atoms with van der Waals surface area (Å²) in [4.78, 5) is 26.3. The van der Waals surface area contributed by atoms with E-state index in [-0.39, 0.29) is 23.8 Å². The Labute approximate surface area is 147 Å². The second-order valence-electron chi connectivity index (χ2n) is 6.41. The van der Waals surface area contributed by atoms with Gasteiger partial charge in [0.15, 0.2) is 0 Å². The van der Waals surface area contributed by atoms with E-state index in [0.717, 1.165) is 11.3 Å². The number of para-hydroxylation sites is 1. The minimum atomic E-state index is -0.318. The maximum Gasteiger partial charge on any atom is 0.258 e. The van der Waals surface area contributed by atoms with Crippen molar-refractivity contribution >= 4 is 17.5 Å². The Morgan fingerprint density at radius 1 is 1.16 bits per heavy atom. The molecular formula is C20H22N2O3. The molecule has 1 aliphatic rings. The molecule has 2 amide bonds. The summed E-state index contributed by atoms with van der Waals surface area (Å²) in [6, 6.07) is 14.8. The summed E-state index contributed by atoms with van der Waals surface area (Å²) in [5, 5.41) is 0. The molecule has 0 bridgehead atoms. The van der Waals surface area contributed by atoms with E-state index >= 15 is 0 Å². The standard InChI is InChI=1S/C20H22N2O3/c1-13-11-15(12-19(21)23)17-5-3-4-6-18(17)22(13)20(24)14-7-9-16(25-2)10-8-14/h3-10,13,15H,11-12H2,1-2H3,(H2,21,23). The van der Waals surface area contributed by atoms with Crippen molar-refractivity contribution in [1.82, 2.24) is 0 Å². The van der Waals surface area contributed by atoms with Gasteiger partial charge < -0.3 is 15.4 Å². The number of methoxy groups -OCH3 is 1. The average molecular weight is 338 g/mol. The number of fused-ring (bicyclic) bond motifs is 1. The van der Waals surface area contributed by atoms with Crippen LogP contribution in [-0.2, 0) is 4.79 Å². The van der Waals surface area contributed by atoms with Crippen molar-refractivity contribution in [2.45, 2.75) is 31.7 Å². The zero-order valence-corrected chi connectivity index (χ0v) is 14.4. The highest BCUT2D eigenvalue weighted by molar-refractivity contribution is 6.07. The van der Waals surface area contributed by atoms with Crippen LogP contribution in [0.1, 0.15) is 41.6 Å². The summed E-state index contributed by atoms with van der Waals surface area (Å²) < 4.78 is 5.15. The molecule has 2 N–H and O–H groups in total. The van der Waals surface area contributed by atoms with E-state index in [9.17, 15) is 9.59 Å². The first kappa shape index (κ1) is 17.0. The van der Waals surface area contributed by atoms with Crippen LogP contribution in [0.4, 0.5) is 5.69 Å². The average Bonchev–Trinajstić information content (AvgIpc) is 2.61. The lowest BCUT2D eigenvalue weighted by atomic mass is 9.83. The first-order chi connectivity index (χ1) is 12.0. The zero-order valence-electron chi connectivity index (χ0n) is 14.4. The second kappa shape index (κ2) is 6.97. The number of ether oxygens (including phenoxy) is 1. The maximum absolute atomic E-state index is 13.1. The molecule has 0 saturated heterocycles. The van der Waals surface area contributed by atoms with Gasteiger partial charge in [0.2, 0.25) is 5.91 Å². The molecular weight excluding hydrogens is 316 g/mol. The van der Waals surface area contributed by atoms with Gasteiger partial charge in [0.1, 0.15) is 5.75 Å². The Kier molecular flexibility index (Phi) is 4.74. The van der Waals surface area contributed by atoms with Gasteiger partial charge >= 0.3 is 0 Å². The molecule has 3 rings (SSSR count). The third-order valence-electron chi connectivity index (χ3n) is 4.71. The zero-order chi connectivity index (χ0) is 18.0. The molecule has 0 aromatic heterocycles. The summed E-state index contributed by atoms with van der Waals surface area (Å²) in [5.41, 5.74) is 7.87. The number of hydrogen-bond acceptors (Lipinski definition) is 3. The van der Waals surface area contributed by atoms with E-state index in [0.29, 0.717) is 24.2 Å². The molecule has 5 heteroatoms. The minimum Gasteiger partial charge on any atom is -0.497 e. The number of amides is 2. The third-order valence-corrected chi connectivity index (χ3v) is 4.71. The number of nitrogens with two attached hydrogens (primary N) is 1. The molecule has 1 aliphatic heterocycles. The van der Waals surface area contributed by atoms with Gasteiger partial charge in [0.05, 0.1) is 7.11 Å². The maximum atomic E-state index is 13.1. The van der Waals surface area contributed by atoms with E-state index in [2.05, 4.69) is 0 Å². The van der Waals surface area contributed by atoms with Crippen LogP contribution in [0.25, 0.3) is 0 Å². The number of anilines is 1. The van der Waals surface area contributed by atoms with Crippen molar-refractivity contribution in [2.75, 3.05) is 12.0 Å². The number of primary amides is 1. The molecule has 1 heterocycles. The van der Waals surface area contributed by atoms with Gasteiger partial charge in [0.25, 0.3) is 5.91 Å². The van der Waals surface area contributed by atoms with E-state index < -0.39 is 0 Å². The molecule has 0 radical (unpaired) electrons. The number of rotatable bonds is 4. The first-order valence-electron chi connectivity index (χ1n) is 8.36. The normalized spacial score (nSPS) is 19.2. The monoisotopic (exact) mass is 338 g/mol. The number of hydrogen-bond donors (Lipinski definition) is 1. The van der Waals surface area contributed by atoms with Crippen LogP contribution in [0.5, 0.6) is 5.75 Å². The summed E-state index contributed by atoms with van der Waals surface area (Å²) in [5.74, 6) is 0.385. The molecule has 130 valence electrons. The van der Waals surface area contributed by atoms with Gasteiger partial charge in [-0.2, -0.15) is 0 Å². The molecule has 2 aromatic rings. The van der Waals surface area contributed by atoms with E-state index in [4.69, 9.17) is 10.5 Å². The van der Waals surface area contributed by atoms with Crippen LogP contribution < -0.4 is 15.4 Å². The lowest BCUT2D eigenvalue weighted by molar-refractivity contribution is -0.118. The van der Waals surface area contributed by atoms with Gasteiger partial charge in [-0.15, -0.1) is 0 Å². The molecule has 0 saturated carbocycles. The predicted octanol–water partition coefficient (Wildman–Crippen LogP) is 3.09. The summed E-state index contributed by atoms with van der Waals surface area (Å²) in [7, 11) is 1.60. The highest BCUT2D eigenvalue weighted by atomic mass is 16.5. The lowest BCUT2D eigenvalue weighted by Crippen LogP contribution is -2.43. The first-order valence-corrected chi connectivity index (χ1v) is 8.36. The van der Waals surface area contributed by atoms with Gasteiger partial charge in [-0.3, -0.25) is 9.59 Å². The largest absolute Gasteiger partial charge is 0.497 e. The molecule has 0 fully saturated rings. The van der Waals surface area contributed by atoms with Crippen molar-refractivity contribution in [3.63, 3.8) is 0 Å². The molecule has 2 atom stereocenters. The van der Waals surface area contributed by atoms with Gasteiger partial charge in [-0.05, 0) is 55.2 Å². The minimum absolute atomic E-state index is 0.0196. The number of carbonyl (C=O) groups excluding carboxylic acids is 2. The quantitative estimate of drug-likeness (QED) is 0.931. The molecule has 0 spiro atoms. The van der Waals surface area contributed by atoms with Crippen LogP contribution in [-0.4, -0.2) is 25.0 Å². The van der Waals surface area contributed by atoms with Crippen LogP contribution in [0, 0.1) is 0 Å². The highest BCUT2D eigenvalue weighted by Gasteiger charge is 2.34. The van der Waals surface area contributed by atoms with Crippen molar-refractivity contribution in [3.05, 3.63) is 59.7 Å². The second-order valence-corrected chi connectivity index (χ2v) is 6.41. The fourth-order valence-corrected chi connectivity index (χ4v) is 3.55. The van der Waals surface area contributed by atoms with Gasteiger partial charge in [0, 0.05) is 23.7 Å². The van der Waals surface area contributed by atoms with Crippen LogP contribution >= 0.6 is 0 Å². The van der Waals surface area contributed by atoms with Crippen molar-refractivity contribution in [2.24, 2.45) is 5.73 Å². The van der Waals surface area contributed by atoms with E-state index in [1.807, 2.05) is 36.1 Å². The van der Waals surface area contributed by atoms with Crippen molar-refractivity contribution in [1.29, 1.82) is 0 Å². The van der Waals surface area contributed by atoms with E-state index in [1.54, 1.807) is 31.4 Å². The summed E-state index contributed by atoms with van der Waals surface area (Å²) >= 11 is 0. The Bertz CT molecular complexity index is 786. The van der Waals surface area contributed by atoms with Gasteiger partial charge in [-0.1, -0.05) is 18.2 Å². The molecule has 25 heavy (non-hydrogen) atoms. The molecule has 2 unspecified atom stereocenters. The molecule has 2 aromatic carbocycles. The van der Waals surface area contributed by atoms with Crippen LogP contribution in [0.15, 0.2) is 48.5 Å². The number of benzene rings is 2. The Balaban J connectivity index is 1.97. The fourth-order valence-electron chi connectivity index (χ4n) is 3.55. The topological polar surface area (TPSA) is 72.6 Å². The fraction of sp³-hybridized carbons (Fsp3) is 0.300. The lowest BCUT2D eigenvalue weighted by Gasteiger charge is -2.39. The van der Waals surface area contributed by atoms with Gasteiger partial charge in [-0.25, -0.2) is 0 Å². The van der Waals surface area contributed by atoms with Crippen LogP contribution in [0.2, 0.25) is 0 Å². The Morgan fingerprint density at radius 3 is 2.48 bits per heavy atom. The highest BCUT2D eigenvalue weighted by Crippen LogP contribution is 2.40. The van der Waals surface area contributed by atoms with Crippen molar-refractivity contribution in [3.8, 4) is 5.75 Å². The summed E-state index contributed by atoms with van der Waals surface area (Å²) in [6.45, 7) is 2.01. The third kappa shape index (κ3) is 3.36. The number of carbonyl (C=O) groups is 2. The predicted molar refractivity (Wildman–Crippen MR) is 96.9 cm³/mol. The van der Waals surface area contributed by atoms with E-state index in [1.165, 1.54) is 0 Å². The Hall–Kier alpha value is -2.82. The molecule has 0 aliphatic carbocycles. The smallest absolute Gasteiger partial charge is 0.258 e.